The highest BCUT2D eigenvalue weighted by Gasteiger charge is 2.43. The molecule has 1 unspecified atom stereocenters. The van der Waals surface area contributed by atoms with Crippen molar-refractivity contribution in [2.45, 2.75) is 57.2 Å². The highest BCUT2D eigenvalue weighted by molar-refractivity contribution is 5.76. The number of carboxylic acid groups (broad SMARTS) is 1. The van der Waals surface area contributed by atoms with E-state index in [1.807, 2.05) is 24.2 Å². The number of carbonyl (C=O) groups excluding carboxylic acids is 1. The number of hydrogen-bond donors (Lipinski definition) is 1. The SMILES string of the molecule is Cc1cnc(N2CCC3(CC2)CC(CC(=O)N2CCCC2)CO3)nc1.O=C(O)C(F)(F)F. The van der Waals surface area contributed by atoms with Gasteiger partial charge in [0.25, 0.3) is 0 Å². The number of aliphatic carboxylic acids is 1. The van der Waals surface area contributed by atoms with Crippen LogP contribution in [-0.4, -0.2) is 76.4 Å². The van der Waals surface area contributed by atoms with Gasteiger partial charge in [0.2, 0.25) is 11.9 Å². The van der Waals surface area contributed by atoms with Crippen molar-refractivity contribution in [3.05, 3.63) is 18.0 Å². The zero-order valence-electron chi connectivity index (χ0n) is 18.1. The molecule has 1 aromatic heterocycles. The molecule has 1 amide bonds. The van der Waals surface area contributed by atoms with Crippen molar-refractivity contribution in [2.75, 3.05) is 37.7 Å². The molecule has 3 saturated heterocycles. The number of rotatable bonds is 3. The molecule has 32 heavy (non-hydrogen) atoms. The van der Waals surface area contributed by atoms with Gasteiger partial charge in [-0.25, -0.2) is 14.8 Å². The summed E-state index contributed by atoms with van der Waals surface area (Å²) in [5.74, 6) is -1.23. The van der Waals surface area contributed by atoms with Gasteiger partial charge in [0.1, 0.15) is 0 Å². The number of nitrogens with zero attached hydrogens (tertiary/aromatic N) is 4. The molecular weight excluding hydrogens is 429 g/mol. The zero-order chi connectivity index (χ0) is 23.4. The first-order valence-corrected chi connectivity index (χ1v) is 10.8. The van der Waals surface area contributed by atoms with Crippen LogP contribution in [0.5, 0.6) is 0 Å². The lowest BCUT2D eigenvalue weighted by Crippen LogP contribution is -2.44. The molecule has 0 aliphatic carbocycles. The molecule has 3 aliphatic rings. The highest BCUT2D eigenvalue weighted by atomic mass is 19.4. The van der Waals surface area contributed by atoms with Crippen LogP contribution in [0.15, 0.2) is 12.4 Å². The van der Waals surface area contributed by atoms with E-state index < -0.39 is 12.1 Å². The molecule has 1 aromatic rings. The number of halogens is 3. The van der Waals surface area contributed by atoms with E-state index in [0.29, 0.717) is 18.2 Å². The molecule has 4 rings (SSSR count). The van der Waals surface area contributed by atoms with Crippen molar-refractivity contribution < 1.29 is 32.6 Å². The second-order valence-electron chi connectivity index (χ2n) is 8.71. The van der Waals surface area contributed by atoms with Crippen molar-refractivity contribution in [1.29, 1.82) is 0 Å². The summed E-state index contributed by atoms with van der Waals surface area (Å²) in [5, 5.41) is 7.12. The molecule has 8 nitrogen and oxygen atoms in total. The fourth-order valence-corrected chi connectivity index (χ4v) is 4.42. The number of alkyl halides is 3. The molecule has 3 fully saturated rings. The third kappa shape index (κ3) is 6.30. The summed E-state index contributed by atoms with van der Waals surface area (Å²) in [6, 6.07) is 0. The van der Waals surface area contributed by atoms with Crippen LogP contribution in [0.1, 0.15) is 44.1 Å². The third-order valence-corrected chi connectivity index (χ3v) is 6.18. The van der Waals surface area contributed by atoms with E-state index in [1.54, 1.807) is 0 Å². The van der Waals surface area contributed by atoms with Crippen LogP contribution >= 0.6 is 0 Å². The normalized spacial score (nSPS) is 22.6. The maximum absolute atomic E-state index is 12.4. The van der Waals surface area contributed by atoms with Crippen LogP contribution < -0.4 is 4.90 Å². The lowest BCUT2D eigenvalue weighted by Gasteiger charge is -2.38. The Labute approximate surface area is 184 Å². The van der Waals surface area contributed by atoms with Crippen LogP contribution in [0.2, 0.25) is 0 Å². The number of hydrogen-bond acceptors (Lipinski definition) is 6. The molecule has 1 N–H and O–H groups in total. The number of ether oxygens (including phenoxy) is 1. The van der Waals surface area contributed by atoms with Crippen LogP contribution in [-0.2, 0) is 14.3 Å². The van der Waals surface area contributed by atoms with Crippen LogP contribution in [0.3, 0.4) is 0 Å². The van der Waals surface area contributed by atoms with Crippen LogP contribution in [0.25, 0.3) is 0 Å². The first-order valence-electron chi connectivity index (χ1n) is 10.8. The van der Waals surface area contributed by atoms with Gasteiger partial charge in [-0.1, -0.05) is 0 Å². The molecule has 11 heteroatoms. The van der Waals surface area contributed by atoms with E-state index in [4.69, 9.17) is 14.6 Å². The fraction of sp³-hybridized carbons (Fsp3) is 0.714. The van der Waals surface area contributed by atoms with E-state index in [0.717, 1.165) is 76.4 Å². The number of carboxylic acids is 1. The predicted octanol–water partition coefficient (Wildman–Crippen LogP) is 2.81. The number of anilines is 1. The summed E-state index contributed by atoms with van der Waals surface area (Å²) in [6.45, 7) is 6.49. The first-order chi connectivity index (χ1) is 15.1. The lowest BCUT2D eigenvalue weighted by atomic mass is 9.84. The minimum atomic E-state index is -5.08. The largest absolute Gasteiger partial charge is 0.490 e. The fourth-order valence-electron chi connectivity index (χ4n) is 4.42. The number of carbonyl (C=O) groups is 2. The van der Waals surface area contributed by atoms with Gasteiger partial charge in [0, 0.05) is 45.0 Å². The molecule has 1 atom stereocenters. The summed E-state index contributed by atoms with van der Waals surface area (Å²) in [4.78, 5) is 34.4. The van der Waals surface area contributed by atoms with Crippen LogP contribution in [0.4, 0.5) is 19.1 Å². The Morgan fingerprint density at radius 1 is 1.16 bits per heavy atom. The standard InChI is InChI=1S/C19H28N4O2.C2HF3O2/c1-15-12-20-18(21-13-15)23-8-4-19(5-9-23)11-16(14-25-19)10-17(24)22-6-2-3-7-22;3-2(4,5)1(6)7/h12-13,16H,2-11,14H2,1H3;(H,6,7). The van der Waals surface area contributed by atoms with Crippen molar-refractivity contribution in [3.63, 3.8) is 0 Å². The van der Waals surface area contributed by atoms with Gasteiger partial charge in [-0.15, -0.1) is 0 Å². The first kappa shape index (κ1) is 24.2. The third-order valence-electron chi connectivity index (χ3n) is 6.18. The van der Waals surface area contributed by atoms with Gasteiger partial charge in [0.15, 0.2) is 0 Å². The quantitative estimate of drug-likeness (QED) is 0.744. The van der Waals surface area contributed by atoms with E-state index in [-0.39, 0.29) is 5.60 Å². The highest BCUT2D eigenvalue weighted by Crippen LogP contribution is 2.40. The molecule has 178 valence electrons. The molecule has 4 heterocycles. The topological polar surface area (TPSA) is 95.9 Å². The minimum absolute atomic E-state index is 0.0306. The van der Waals surface area contributed by atoms with E-state index in [2.05, 4.69) is 14.9 Å². The number of likely N-dealkylation sites (tertiary alicyclic amines) is 1. The van der Waals surface area contributed by atoms with Gasteiger partial charge in [-0.05, 0) is 50.5 Å². The Morgan fingerprint density at radius 2 is 1.72 bits per heavy atom. The molecule has 3 aliphatic heterocycles. The Bertz CT molecular complexity index is 789. The van der Waals surface area contributed by atoms with Crippen molar-refractivity contribution in [1.82, 2.24) is 14.9 Å². The van der Waals surface area contributed by atoms with Gasteiger partial charge < -0.3 is 19.6 Å². The smallest absolute Gasteiger partial charge is 0.475 e. The summed E-state index contributed by atoms with van der Waals surface area (Å²) in [5.41, 5.74) is 1.05. The summed E-state index contributed by atoms with van der Waals surface area (Å²) >= 11 is 0. The molecule has 0 aromatic carbocycles. The number of piperidine rings is 1. The maximum atomic E-state index is 12.4. The van der Waals surface area contributed by atoms with E-state index in [9.17, 15) is 18.0 Å². The molecule has 0 bridgehead atoms. The van der Waals surface area contributed by atoms with E-state index in [1.165, 1.54) is 0 Å². The predicted molar refractivity (Wildman–Crippen MR) is 109 cm³/mol. The van der Waals surface area contributed by atoms with Crippen molar-refractivity contribution in [3.8, 4) is 0 Å². The molecular formula is C21H29F3N4O4. The van der Waals surface area contributed by atoms with Gasteiger partial charge in [-0.2, -0.15) is 13.2 Å². The average Bonchev–Trinajstić information content (AvgIpc) is 3.40. The molecule has 0 saturated carbocycles. The monoisotopic (exact) mass is 458 g/mol. The maximum Gasteiger partial charge on any atom is 0.490 e. The lowest BCUT2D eigenvalue weighted by molar-refractivity contribution is -0.192. The molecule has 0 radical (unpaired) electrons. The Kier molecular flexibility index (Phi) is 7.58. The zero-order valence-corrected chi connectivity index (χ0v) is 18.1. The number of aryl methyl sites for hydroxylation is 1. The summed E-state index contributed by atoms with van der Waals surface area (Å²) in [7, 11) is 0. The van der Waals surface area contributed by atoms with Crippen molar-refractivity contribution >= 4 is 17.8 Å². The second kappa shape index (κ2) is 10.0. The van der Waals surface area contributed by atoms with E-state index >= 15 is 0 Å². The average molecular weight is 458 g/mol. The Hall–Kier alpha value is -2.43. The van der Waals surface area contributed by atoms with Crippen LogP contribution in [0, 0.1) is 12.8 Å². The minimum Gasteiger partial charge on any atom is -0.475 e. The van der Waals surface area contributed by atoms with Gasteiger partial charge in [0.05, 0.1) is 12.2 Å². The van der Waals surface area contributed by atoms with Gasteiger partial charge >= 0.3 is 12.1 Å². The Morgan fingerprint density at radius 3 is 2.25 bits per heavy atom. The summed E-state index contributed by atoms with van der Waals surface area (Å²) < 4.78 is 38.0. The Balaban J connectivity index is 0.000000360. The second-order valence-corrected chi connectivity index (χ2v) is 8.71. The van der Waals surface area contributed by atoms with Crippen molar-refractivity contribution in [2.24, 2.45) is 5.92 Å². The number of aromatic nitrogens is 2. The molecule has 1 spiro atoms. The number of amides is 1. The summed E-state index contributed by atoms with van der Waals surface area (Å²) in [6.07, 6.45) is 4.66. The van der Waals surface area contributed by atoms with Gasteiger partial charge in [-0.3, -0.25) is 4.79 Å².